The Morgan fingerprint density at radius 1 is 1.26 bits per heavy atom. The van der Waals surface area contributed by atoms with Gasteiger partial charge in [0.2, 0.25) is 0 Å². The van der Waals surface area contributed by atoms with E-state index in [0.717, 1.165) is 29.9 Å². The number of hydrogen-bond acceptors (Lipinski definition) is 3. The summed E-state index contributed by atoms with van der Waals surface area (Å²) in [6, 6.07) is 7.64. The van der Waals surface area contributed by atoms with E-state index in [2.05, 4.69) is 10.5 Å². The smallest absolute Gasteiger partial charge is 0.277 e. The lowest BCUT2D eigenvalue weighted by atomic mass is 9.99. The quantitative estimate of drug-likeness (QED) is 0.846. The molecule has 0 bridgehead atoms. The second-order valence-corrected chi connectivity index (χ2v) is 4.83. The maximum absolute atomic E-state index is 11.6. The highest BCUT2D eigenvalue weighted by Gasteiger charge is 2.08. The van der Waals surface area contributed by atoms with Crippen LogP contribution in [-0.2, 0) is 4.79 Å². The number of carbonyl (C=O) groups excluding carboxylic acids is 1. The molecule has 0 saturated heterocycles. The minimum Gasteiger partial charge on any atom is -0.483 e. The minimum absolute atomic E-state index is 0.00162. The van der Waals surface area contributed by atoms with Gasteiger partial charge in [-0.3, -0.25) is 4.79 Å². The minimum atomic E-state index is -0.207. The number of aryl methyl sites for hydroxylation is 1. The van der Waals surface area contributed by atoms with E-state index >= 15 is 0 Å². The summed E-state index contributed by atoms with van der Waals surface area (Å²) in [7, 11) is 0. The molecule has 102 valence electrons. The molecule has 2 rings (SSSR count). The van der Waals surface area contributed by atoms with Gasteiger partial charge in [0, 0.05) is 5.71 Å². The molecule has 0 aromatic heterocycles. The predicted molar refractivity (Wildman–Crippen MR) is 75.3 cm³/mol. The summed E-state index contributed by atoms with van der Waals surface area (Å²) in [5.74, 6) is 0.532. The number of hydrogen-bond donors (Lipinski definition) is 1. The topological polar surface area (TPSA) is 50.7 Å². The van der Waals surface area contributed by atoms with Crippen molar-refractivity contribution in [3.63, 3.8) is 0 Å². The summed E-state index contributed by atoms with van der Waals surface area (Å²) < 4.78 is 5.46. The zero-order chi connectivity index (χ0) is 13.5. The van der Waals surface area contributed by atoms with Gasteiger partial charge in [-0.05, 0) is 44.2 Å². The van der Waals surface area contributed by atoms with Crippen LogP contribution in [0.25, 0.3) is 0 Å². The molecule has 1 fully saturated rings. The fraction of sp³-hybridized carbons (Fsp3) is 0.467. The third kappa shape index (κ3) is 4.39. The summed E-state index contributed by atoms with van der Waals surface area (Å²) in [6.45, 7) is 1.96. The number of benzene rings is 1. The summed E-state index contributed by atoms with van der Waals surface area (Å²) in [6.07, 6.45) is 5.62. The highest BCUT2D eigenvalue weighted by Crippen LogP contribution is 2.16. The predicted octanol–water partition coefficient (Wildman–Crippen LogP) is 2.81. The highest BCUT2D eigenvalue weighted by atomic mass is 16.5. The molecule has 4 heteroatoms. The molecule has 1 aromatic carbocycles. The van der Waals surface area contributed by atoms with E-state index in [4.69, 9.17) is 4.74 Å². The molecule has 0 atom stereocenters. The molecule has 1 aliphatic rings. The van der Waals surface area contributed by atoms with E-state index in [-0.39, 0.29) is 12.5 Å². The summed E-state index contributed by atoms with van der Waals surface area (Å²) in [4.78, 5) is 11.6. The van der Waals surface area contributed by atoms with Crippen molar-refractivity contribution in [1.29, 1.82) is 0 Å². The Balaban J connectivity index is 1.77. The van der Waals surface area contributed by atoms with Crippen molar-refractivity contribution >= 4 is 11.6 Å². The molecule has 1 aliphatic carbocycles. The second kappa shape index (κ2) is 6.92. The molecule has 1 saturated carbocycles. The van der Waals surface area contributed by atoms with Crippen LogP contribution in [0.3, 0.4) is 0 Å². The van der Waals surface area contributed by atoms with Gasteiger partial charge in [0.1, 0.15) is 5.75 Å². The van der Waals surface area contributed by atoms with Gasteiger partial charge in [0.05, 0.1) is 0 Å². The number of para-hydroxylation sites is 1. The lowest BCUT2D eigenvalue weighted by Gasteiger charge is -2.12. The molecule has 0 radical (unpaired) electrons. The molecule has 1 N–H and O–H groups in total. The molecule has 0 aliphatic heterocycles. The van der Waals surface area contributed by atoms with Crippen LogP contribution in [0, 0.1) is 6.92 Å². The Kier molecular flexibility index (Phi) is 4.95. The fourth-order valence-electron chi connectivity index (χ4n) is 2.11. The molecular weight excluding hydrogens is 240 g/mol. The van der Waals surface area contributed by atoms with Crippen LogP contribution in [-0.4, -0.2) is 18.2 Å². The lowest BCUT2D eigenvalue weighted by Crippen LogP contribution is -2.26. The number of nitrogens with one attached hydrogen (secondary N) is 1. The number of nitrogens with zero attached hydrogens (tertiary/aromatic N) is 1. The van der Waals surface area contributed by atoms with Crippen LogP contribution in [0.5, 0.6) is 5.75 Å². The molecule has 1 aromatic rings. The van der Waals surface area contributed by atoms with Gasteiger partial charge in [-0.15, -0.1) is 0 Å². The van der Waals surface area contributed by atoms with E-state index < -0.39 is 0 Å². The largest absolute Gasteiger partial charge is 0.483 e. The zero-order valence-electron chi connectivity index (χ0n) is 11.3. The van der Waals surface area contributed by atoms with Crippen molar-refractivity contribution in [1.82, 2.24) is 5.43 Å². The maximum atomic E-state index is 11.6. The standard InChI is InChI=1S/C15H20N2O2/c1-12-7-5-6-10-14(12)19-11-15(18)17-16-13-8-3-2-4-9-13/h5-7,10H,2-4,8-9,11H2,1H3,(H,17,18). The Labute approximate surface area is 113 Å². The average molecular weight is 260 g/mol. The Morgan fingerprint density at radius 2 is 2.00 bits per heavy atom. The van der Waals surface area contributed by atoms with E-state index in [1.807, 2.05) is 31.2 Å². The molecule has 1 amide bonds. The summed E-state index contributed by atoms with van der Waals surface area (Å²) >= 11 is 0. The number of amides is 1. The average Bonchev–Trinajstić information content (AvgIpc) is 2.45. The third-order valence-corrected chi connectivity index (χ3v) is 3.22. The molecule has 0 spiro atoms. The molecule has 4 nitrogen and oxygen atoms in total. The second-order valence-electron chi connectivity index (χ2n) is 4.83. The van der Waals surface area contributed by atoms with Crippen molar-refractivity contribution in [2.75, 3.05) is 6.61 Å². The Hall–Kier alpha value is -1.84. The number of rotatable bonds is 4. The monoisotopic (exact) mass is 260 g/mol. The number of carbonyl (C=O) groups is 1. The lowest BCUT2D eigenvalue weighted by molar-refractivity contribution is -0.123. The van der Waals surface area contributed by atoms with E-state index in [0.29, 0.717) is 0 Å². The van der Waals surface area contributed by atoms with Crippen molar-refractivity contribution in [3.8, 4) is 5.75 Å². The van der Waals surface area contributed by atoms with Gasteiger partial charge in [-0.1, -0.05) is 24.6 Å². The third-order valence-electron chi connectivity index (χ3n) is 3.22. The van der Waals surface area contributed by atoms with Gasteiger partial charge in [-0.25, -0.2) is 5.43 Å². The van der Waals surface area contributed by atoms with Crippen LogP contribution in [0.1, 0.15) is 37.7 Å². The first-order valence-corrected chi connectivity index (χ1v) is 6.78. The molecule has 19 heavy (non-hydrogen) atoms. The van der Waals surface area contributed by atoms with E-state index in [1.54, 1.807) is 0 Å². The maximum Gasteiger partial charge on any atom is 0.277 e. The molecule has 0 unspecified atom stereocenters. The molecule has 0 heterocycles. The highest BCUT2D eigenvalue weighted by molar-refractivity contribution is 5.87. The van der Waals surface area contributed by atoms with Crippen LogP contribution < -0.4 is 10.2 Å². The first-order valence-electron chi connectivity index (χ1n) is 6.78. The van der Waals surface area contributed by atoms with Crippen molar-refractivity contribution < 1.29 is 9.53 Å². The van der Waals surface area contributed by atoms with E-state index in [9.17, 15) is 4.79 Å². The van der Waals surface area contributed by atoms with Crippen LogP contribution >= 0.6 is 0 Å². The Bertz CT molecular complexity index is 461. The van der Waals surface area contributed by atoms with Gasteiger partial charge in [-0.2, -0.15) is 5.10 Å². The first-order chi connectivity index (χ1) is 9.25. The normalized spacial score (nSPS) is 14.9. The van der Waals surface area contributed by atoms with Gasteiger partial charge in [0.15, 0.2) is 6.61 Å². The van der Waals surface area contributed by atoms with Gasteiger partial charge in [0.25, 0.3) is 5.91 Å². The zero-order valence-corrected chi connectivity index (χ0v) is 11.3. The van der Waals surface area contributed by atoms with E-state index in [1.165, 1.54) is 19.3 Å². The van der Waals surface area contributed by atoms with Gasteiger partial charge >= 0.3 is 0 Å². The van der Waals surface area contributed by atoms with Crippen LogP contribution in [0.2, 0.25) is 0 Å². The summed E-state index contributed by atoms with van der Waals surface area (Å²) in [5, 5.41) is 4.15. The summed E-state index contributed by atoms with van der Waals surface area (Å²) in [5.41, 5.74) is 4.68. The van der Waals surface area contributed by atoms with Gasteiger partial charge < -0.3 is 4.74 Å². The van der Waals surface area contributed by atoms with Crippen molar-refractivity contribution in [2.45, 2.75) is 39.0 Å². The SMILES string of the molecule is Cc1ccccc1OCC(=O)NN=C1CCCCC1. The van der Waals surface area contributed by atoms with Crippen molar-refractivity contribution in [2.24, 2.45) is 5.10 Å². The van der Waals surface area contributed by atoms with Crippen LogP contribution in [0.4, 0.5) is 0 Å². The molecular formula is C15H20N2O2. The Morgan fingerprint density at radius 3 is 2.74 bits per heavy atom. The fourth-order valence-corrected chi connectivity index (χ4v) is 2.11. The van der Waals surface area contributed by atoms with Crippen molar-refractivity contribution in [3.05, 3.63) is 29.8 Å². The number of ether oxygens (including phenoxy) is 1. The first kappa shape index (κ1) is 13.6. The van der Waals surface area contributed by atoms with Crippen LogP contribution in [0.15, 0.2) is 29.4 Å². The number of hydrazone groups is 1.